The summed E-state index contributed by atoms with van der Waals surface area (Å²) in [6.45, 7) is 8.56. The summed E-state index contributed by atoms with van der Waals surface area (Å²) in [5.41, 5.74) is 1.12. The minimum Gasteiger partial charge on any atom is -0.313 e. The number of hydrogen-bond donors (Lipinski definition) is 1. The van der Waals surface area contributed by atoms with Gasteiger partial charge in [0.15, 0.2) is 0 Å². The third-order valence-electron chi connectivity index (χ3n) is 4.49. The van der Waals surface area contributed by atoms with E-state index in [-0.39, 0.29) is 0 Å². The van der Waals surface area contributed by atoms with Crippen molar-refractivity contribution in [1.29, 1.82) is 0 Å². The van der Waals surface area contributed by atoms with Crippen molar-refractivity contribution < 1.29 is 0 Å². The van der Waals surface area contributed by atoms with Gasteiger partial charge in [-0.05, 0) is 35.8 Å². The maximum Gasteiger partial charge on any atom is 0.0163 e. The van der Waals surface area contributed by atoms with Crippen LogP contribution in [0.1, 0.15) is 59.3 Å². The van der Waals surface area contributed by atoms with Gasteiger partial charge in [0.1, 0.15) is 0 Å². The molecule has 100 valence electrons. The van der Waals surface area contributed by atoms with Crippen molar-refractivity contribution in [2.45, 2.75) is 65.3 Å². The van der Waals surface area contributed by atoms with Crippen LogP contribution in [0, 0.1) is 10.8 Å². The molecule has 17 heavy (non-hydrogen) atoms. The molecule has 2 fully saturated rings. The van der Waals surface area contributed by atoms with Crippen LogP contribution in [0.3, 0.4) is 0 Å². The molecule has 1 aliphatic heterocycles. The minimum atomic E-state index is 0.536. The van der Waals surface area contributed by atoms with Crippen molar-refractivity contribution in [3.8, 4) is 0 Å². The van der Waals surface area contributed by atoms with Crippen LogP contribution in [0.2, 0.25) is 0 Å². The predicted molar refractivity (Wildman–Crippen MR) is 78.7 cm³/mol. The molecule has 0 aromatic heterocycles. The van der Waals surface area contributed by atoms with Gasteiger partial charge in [0.05, 0.1) is 0 Å². The highest BCUT2D eigenvalue weighted by atomic mass is 32.2. The molecule has 0 bridgehead atoms. The Balaban J connectivity index is 1.77. The van der Waals surface area contributed by atoms with Gasteiger partial charge in [-0.3, -0.25) is 0 Å². The Kier molecular flexibility index (Phi) is 4.46. The molecule has 1 unspecified atom stereocenters. The van der Waals surface area contributed by atoms with E-state index in [0.29, 0.717) is 10.8 Å². The molecule has 1 saturated carbocycles. The summed E-state index contributed by atoms with van der Waals surface area (Å²) in [7, 11) is 0. The van der Waals surface area contributed by atoms with E-state index in [0.717, 1.165) is 6.04 Å². The Hall–Kier alpha value is 0.310. The average molecular weight is 255 g/mol. The summed E-state index contributed by atoms with van der Waals surface area (Å²) in [6, 6.07) is 0.752. The lowest BCUT2D eigenvalue weighted by atomic mass is 9.75. The second kappa shape index (κ2) is 5.52. The Morgan fingerprint density at radius 1 is 1.12 bits per heavy atom. The van der Waals surface area contributed by atoms with Crippen LogP contribution < -0.4 is 5.32 Å². The molecule has 1 nitrogen and oxygen atoms in total. The fraction of sp³-hybridized carbons (Fsp3) is 1.00. The first-order valence-corrected chi connectivity index (χ1v) is 8.46. The second-order valence-electron chi connectivity index (χ2n) is 7.33. The topological polar surface area (TPSA) is 12.0 Å². The maximum atomic E-state index is 3.87. The highest BCUT2D eigenvalue weighted by Crippen LogP contribution is 2.37. The molecule has 0 spiro atoms. The van der Waals surface area contributed by atoms with Crippen molar-refractivity contribution in [3.63, 3.8) is 0 Å². The van der Waals surface area contributed by atoms with Gasteiger partial charge in [-0.15, -0.1) is 0 Å². The molecule has 0 aromatic carbocycles. The van der Waals surface area contributed by atoms with Gasteiger partial charge in [-0.1, -0.05) is 40.0 Å². The summed E-state index contributed by atoms with van der Waals surface area (Å²) >= 11 is 2.13. The molecule has 0 amide bonds. The summed E-state index contributed by atoms with van der Waals surface area (Å²) < 4.78 is 0. The number of hydrogen-bond acceptors (Lipinski definition) is 2. The normalized spacial score (nSPS) is 32.3. The molecule has 0 aromatic rings. The van der Waals surface area contributed by atoms with Crippen molar-refractivity contribution in [2.24, 2.45) is 10.8 Å². The van der Waals surface area contributed by atoms with Gasteiger partial charge < -0.3 is 5.32 Å². The van der Waals surface area contributed by atoms with Crippen molar-refractivity contribution in [2.75, 3.05) is 18.1 Å². The quantitative estimate of drug-likeness (QED) is 0.815. The van der Waals surface area contributed by atoms with Crippen LogP contribution in [0.4, 0.5) is 0 Å². The summed E-state index contributed by atoms with van der Waals surface area (Å²) in [6.07, 6.45) is 8.58. The van der Waals surface area contributed by atoms with Crippen LogP contribution in [0.15, 0.2) is 0 Å². The molecule has 2 rings (SSSR count). The lowest BCUT2D eigenvalue weighted by molar-refractivity contribution is 0.192. The zero-order valence-electron chi connectivity index (χ0n) is 11.8. The highest BCUT2D eigenvalue weighted by Gasteiger charge is 2.31. The van der Waals surface area contributed by atoms with Gasteiger partial charge in [0.2, 0.25) is 0 Å². The van der Waals surface area contributed by atoms with Gasteiger partial charge >= 0.3 is 0 Å². The van der Waals surface area contributed by atoms with E-state index in [4.69, 9.17) is 0 Å². The van der Waals surface area contributed by atoms with E-state index >= 15 is 0 Å². The second-order valence-corrected chi connectivity index (χ2v) is 8.36. The largest absolute Gasteiger partial charge is 0.313 e. The Morgan fingerprint density at radius 3 is 2.47 bits per heavy atom. The SMILES string of the molecule is CC1(C)CSCC(NCC2(C)CCCCC2)C1. The van der Waals surface area contributed by atoms with Gasteiger partial charge in [0.25, 0.3) is 0 Å². The average Bonchev–Trinajstić information content (AvgIpc) is 2.26. The van der Waals surface area contributed by atoms with Crippen LogP contribution in [0.25, 0.3) is 0 Å². The van der Waals surface area contributed by atoms with E-state index < -0.39 is 0 Å². The molecule has 2 aliphatic rings. The van der Waals surface area contributed by atoms with Gasteiger partial charge in [-0.25, -0.2) is 0 Å². The minimum absolute atomic E-state index is 0.536. The summed E-state index contributed by atoms with van der Waals surface area (Å²) in [4.78, 5) is 0. The van der Waals surface area contributed by atoms with Crippen LogP contribution in [-0.4, -0.2) is 24.1 Å². The smallest absolute Gasteiger partial charge is 0.0163 e. The first-order valence-electron chi connectivity index (χ1n) is 7.30. The highest BCUT2D eigenvalue weighted by molar-refractivity contribution is 7.99. The van der Waals surface area contributed by atoms with Crippen LogP contribution in [0.5, 0.6) is 0 Å². The summed E-state index contributed by atoms with van der Waals surface area (Å²) in [5, 5.41) is 3.87. The molecule has 1 N–H and O–H groups in total. The first-order chi connectivity index (χ1) is 7.99. The zero-order valence-corrected chi connectivity index (χ0v) is 12.7. The van der Waals surface area contributed by atoms with Crippen molar-refractivity contribution >= 4 is 11.8 Å². The van der Waals surface area contributed by atoms with Crippen LogP contribution >= 0.6 is 11.8 Å². The fourth-order valence-corrected chi connectivity index (χ4v) is 4.67. The Morgan fingerprint density at radius 2 is 1.82 bits per heavy atom. The Labute approximate surface area is 112 Å². The standard InChI is InChI=1S/C15H29NS/c1-14(2)9-13(10-17-12-14)16-11-15(3)7-5-4-6-8-15/h13,16H,4-12H2,1-3H3. The molecule has 1 saturated heterocycles. The number of rotatable bonds is 3. The lowest BCUT2D eigenvalue weighted by Gasteiger charge is -2.39. The van der Waals surface area contributed by atoms with E-state index in [9.17, 15) is 0 Å². The molecular formula is C15H29NS. The van der Waals surface area contributed by atoms with Crippen molar-refractivity contribution in [1.82, 2.24) is 5.32 Å². The lowest BCUT2D eigenvalue weighted by Crippen LogP contribution is -2.45. The maximum absolute atomic E-state index is 3.87. The predicted octanol–water partition coefficient (Wildman–Crippen LogP) is 4.08. The number of thioether (sulfide) groups is 1. The third-order valence-corrected chi connectivity index (χ3v) is 6.11. The van der Waals surface area contributed by atoms with Crippen LogP contribution in [-0.2, 0) is 0 Å². The first kappa shape index (κ1) is 13.7. The van der Waals surface area contributed by atoms with Gasteiger partial charge in [-0.2, -0.15) is 11.8 Å². The molecule has 1 heterocycles. The van der Waals surface area contributed by atoms with E-state index in [1.54, 1.807) is 0 Å². The third kappa shape index (κ3) is 4.17. The van der Waals surface area contributed by atoms with E-state index in [1.807, 2.05) is 0 Å². The molecule has 1 aliphatic carbocycles. The monoisotopic (exact) mass is 255 g/mol. The van der Waals surface area contributed by atoms with E-state index in [2.05, 4.69) is 37.8 Å². The molecule has 2 heteroatoms. The molecular weight excluding hydrogens is 226 g/mol. The summed E-state index contributed by atoms with van der Waals surface area (Å²) in [5.74, 6) is 2.65. The zero-order chi connectivity index (χ0) is 12.4. The van der Waals surface area contributed by atoms with E-state index in [1.165, 1.54) is 56.6 Å². The fourth-order valence-electron chi connectivity index (χ4n) is 3.37. The van der Waals surface area contributed by atoms with Gasteiger partial charge in [0, 0.05) is 18.3 Å². The molecule has 0 radical (unpaired) electrons. The Bertz CT molecular complexity index is 243. The number of nitrogens with one attached hydrogen (secondary N) is 1. The molecule has 1 atom stereocenters. The van der Waals surface area contributed by atoms with Crippen molar-refractivity contribution in [3.05, 3.63) is 0 Å².